The second-order valence-electron chi connectivity index (χ2n) is 7.31. The number of hydrogen-bond donors (Lipinski definition) is 0. The smallest absolute Gasteiger partial charge is 0.324 e. The number of carbonyl (C=O) groups is 3. The lowest BCUT2D eigenvalue weighted by atomic mass is 9.96. The summed E-state index contributed by atoms with van der Waals surface area (Å²) in [7, 11) is 0. The molecule has 1 fully saturated rings. The molecule has 0 aliphatic carbocycles. The van der Waals surface area contributed by atoms with Crippen LogP contribution in [-0.4, -0.2) is 24.1 Å². The topological polar surface area (TPSA) is 60.4 Å². The number of hydrogen-bond acceptors (Lipinski definition) is 4. The summed E-state index contributed by atoms with van der Waals surface area (Å²) in [4.78, 5) is 34.6. The fourth-order valence-corrected chi connectivity index (χ4v) is 3.27. The van der Waals surface area contributed by atoms with E-state index in [9.17, 15) is 14.4 Å². The highest BCUT2D eigenvalue weighted by Crippen LogP contribution is 2.16. The lowest BCUT2D eigenvalue weighted by molar-refractivity contribution is -0.144. The van der Waals surface area contributed by atoms with Crippen LogP contribution in [0, 0.1) is 5.92 Å². The number of Topliss-reactive ketones (excluding diaryl/α,β-unsaturated/α-hetero) is 2. The van der Waals surface area contributed by atoms with Crippen molar-refractivity contribution >= 4 is 17.5 Å². The minimum atomic E-state index is -1.13. The molecule has 0 aromatic heterocycles. The van der Waals surface area contributed by atoms with Crippen molar-refractivity contribution in [1.29, 1.82) is 0 Å². The number of unbranched alkanes of at least 4 members (excludes halogenated alkanes) is 11. The number of ketones is 2. The van der Waals surface area contributed by atoms with Gasteiger partial charge in [-0.1, -0.05) is 70.4 Å². The van der Waals surface area contributed by atoms with E-state index in [1.807, 2.05) is 0 Å². The van der Waals surface area contributed by atoms with Gasteiger partial charge >= 0.3 is 5.97 Å². The number of carbonyl (C=O) groups excluding carboxylic acids is 3. The molecular weight excluding hydrogens is 328 g/mol. The van der Waals surface area contributed by atoms with E-state index in [1.165, 1.54) is 57.8 Å². The Morgan fingerprint density at radius 2 is 1.42 bits per heavy atom. The van der Waals surface area contributed by atoms with Crippen LogP contribution >= 0.6 is 0 Å². The zero-order chi connectivity index (χ0) is 19.0. The molecule has 148 valence electrons. The number of esters is 1. The molecule has 1 aliphatic rings. The molecule has 0 bridgehead atoms. The van der Waals surface area contributed by atoms with Gasteiger partial charge in [-0.3, -0.25) is 14.4 Å². The Labute approximate surface area is 158 Å². The third kappa shape index (κ3) is 9.88. The van der Waals surface area contributed by atoms with Crippen LogP contribution in [0.1, 0.15) is 96.8 Å². The number of rotatable bonds is 16. The molecule has 0 amide bonds. The van der Waals surface area contributed by atoms with Gasteiger partial charge in [0.05, 0.1) is 0 Å². The predicted octanol–water partition coefficient (Wildman–Crippen LogP) is 5.34. The molecule has 4 heteroatoms. The molecule has 1 unspecified atom stereocenters. The average Bonchev–Trinajstić information content (AvgIpc) is 2.96. The number of cyclic esters (lactones) is 1. The second kappa shape index (κ2) is 14.7. The van der Waals surface area contributed by atoms with E-state index < -0.39 is 11.9 Å². The maximum absolute atomic E-state index is 11.9. The van der Waals surface area contributed by atoms with Crippen molar-refractivity contribution in [3.8, 4) is 0 Å². The normalized spacial score (nSPS) is 17.2. The zero-order valence-electron chi connectivity index (χ0n) is 16.5. The van der Waals surface area contributed by atoms with Crippen molar-refractivity contribution < 1.29 is 19.1 Å². The van der Waals surface area contributed by atoms with Crippen LogP contribution in [0.25, 0.3) is 0 Å². The summed E-state index contributed by atoms with van der Waals surface area (Å²) in [5, 5.41) is 0. The molecule has 1 saturated heterocycles. The highest BCUT2D eigenvalue weighted by Gasteiger charge is 2.40. The van der Waals surface area contributed by atoms with Crippen LogP contribution in [0.5, 0.6) is 0 Å². The fraction of sp³-hybridized carbons (Fsp3) is 0.773. The molecule has 1 heterocycles. The van der Waals surface area contributed by atoms with E-state index >= 15 is 0 Å². The summed E-state index contributed by atoms with van der Waals surface area (Å²) in [6, 6.07) is 0. The van der Waals surface area contributed by atoms with Crippen LogP contribution in [0.4, 0.5) is 0 Å². The maximum Gasteiger partial charge on any atom is 0.324 e. The zero-order valence-corrected chi connectivity index (χ0v) is 16.5. The van der Waals surface area contributed by atoms with Crippen molar-refractivity contribution in [3.05, 3.63) is 12.2 Å². The summed E-state index contributed by atoms with van der Waals surface area (Å²) < 4.78 is 4.61. The molecule has 1 rings (SSSR count). The van der Waals surface area contributed by atoms with E-state index in [2.05, 4.69) is 23.8 Å². The van der Waals surface area contributed by atoms with Crippen LogP contribution in [-0.2, 0) is 19.1 Å². The largest absolute Gasteiger partial charge is 0.457 e. The highest BCUT2D eigenvalue weighted by molar-refractivity contribution is 6.20. The highest BCUT2D eigenvalue weighted by atomic mass is 16.5. The van der Waals surface area contributed by atoms with Gasteiger partial charge in [0, 0.05) is 6.42 Å². The van der Waals surface area contributed by atoms with Gasteiger partial charge in [-0.15, -0.1) is 0 Å². The number of ether oxygens (including phenoxy) is 1. The summed E-state index contributed by atoms with van der Waals surface area (Å²) in [5.41, 5.74) is 0. The second-order valence-corrected chi connectivity index (χ2v) is 7.31. The summed E-state index contributed by atoms with van der Waals surface area (Å²) >= 11 is 0. The summed E-state index contributed by atoms with van der Waals surface area (Å²) in [5.74, 6) is -2.44. The average molecular weight is 365 g/mol. The van der Waals surface area contributed by atoms with Gasteiger partial charge in [-0.2, -0.15) is 0 Å². The van der Waals surface area contributed by atoms with Crippen molar-refractivity contribution in [2.24, 2.45) is 5.92 Å². The first-order chi connectivity index (χ1) is 12.7. The fourth-order valence-electron chi connectivity index (χ4n) is 3.27. The molecule has 26 heavy (non-hydrogen) atoms. The summed E-state index contributed by atoms with van der Waals surface area (Å²) in [6.07, 6.45) is 20.6. The van der Waals surface area contributed by atoms with Crippen LogP contribution in [0.3, 0.4) is 0 Å². The Kier molecular flexibility index (Phi) is 12.8. The van der Waals surface area contributed by atoms with Crippen LogP contribution in [0.2, 0.25) is 0 Å². The standard InChI is InChI=1S/C22H36O4/c1-2-3-4-5-6-7-8-9-10-11-12-13-14-15-16-17-19(23)21-20(24)18-26-22(21)25/h9-10,21H,2-8,11-18H2,1H3. The molecule has 0 spiro atoms. The first-order valence-corrected chi connectivity index (χ1v) is 10.5. The molecular formula is C22H36O4. The third-order valence-electron chi connectivity index (χ3n) is 4.92. The van der Waals surface area contributed by atoms with E-state index in [1.54, 1.807) is 0 Å². The van der Waals surface area contributed by atoms with Crippen LogP contribution in [0.15, 0.2) is 12.2 Å². The van der Waals surface area contributed by atoms with Gasteiger partial charge in [-0.25, -0.2) is 0 Å². The quantitative estimate of drug-likeness (QED) is 0.161. The molecule has 4 nitrogen and oxygen atoms in total. The van der Waals surface area contributed by atoms with Gasteiger partial charge in [0.1, 0.15) is 0 Å². The van der Waals surface area contributed by atoms with E-state index in [0.717, 1.165) is 25.7 Å². The molecule has 1 aliphatic heterocycles. The van der Waals surface area contributed by atoms with E-state index in [-0.39, 0.29) is 18.2 Å². The maximum atomic E-state index is 11.9. The Morgan fingerprint density at radius 3 is 1.96 bits per heavy atom. The SMILES string of the molecule is CCCCCCCCC=CCCCCCCCC(=O)C1C(=O)COC1=O. The lowest BCUT2D eigenvalue weighted by Gasteiger charge is -2.03. The Morgan fingerprint density at radius 1 is 0.885 bits per heavy atom. The molecule has 0 aromatic rings. The molecule has 0 saturated carbocycles. The van der Waals surface area contributed by atoms with Gasteiger partial charge in [0.25, 0.3) is 0 Å². The number of allylic oxidation sites excluding steroid dienone is 2. The van der Waals surface area contributed by atoms with E-state index in [0.29, 0.717) is 6.42 Å². The van der Waals surface area contributed by atoms with E-state index in [4.69, 9.17) is 0 Å². The minimum absolute atomic E-state index is 0.235. The Bertz CT molecular complexity index is 437. The van der Waals surface area contributed by atoms with Crippen molar-refractivity contribution in [3.63, 3.8) is 0 Å². The Balaban J connectivity index is 1.87. The van der Waals surface area contributed by atoms with Gasteiger partial charge < -0.3 is 4.74 Å². The van der Waals surface area contributed by atoms with Crippen molar-refractivity contribution in [2.45, 2.75) is 96.8 Å². The van der Waals surface area contributed by atoms with Gasteiger partial charge in [0.2, 0.25) is 0 Å². The van der Waals surface area contributed by atoms with Crippen molar-refractivity contribution in [1.82, 2.24) is 0 Å². The Hall–Kier alpha value is -1.45. The summed E-state index contributed by atoms with van der Waals surface area (Å²) in [6.45, 7) is 2.01. The molecule has 0 aromatic carbocycles. The van der Waals surface area contributed by atoms with Crippen LogP contribution < -0.4 is 0 Å². The first kappa shape index (κ1) is 22.6. The van der Waals surface area contributed by atoms with Gasteiger partial charge in [0.15, 0.2) is 24.1 Å². The third-order valence-corrected chi connectivity index (χ3v) is 4.92. The molecule has 0 radical (unpaired) electrons. The van der Waals surface area contributed by atoms with Crippen molar-refractivity contribution in [2.75, 3.05) is 6.61 Å². The van der Waals surface area contributed by atoms with Gasteiger partial charge in [-0.05, 0) is 32.1 Å². The molecule has 1 atom stereocenters. The molecule has 0 N–H and O–H groups in total. The minimum Gasteiger partial charge on any atom is -0.457 e. The predicted molar refractivity (Wildman–Crippen MR) is 104 cm³/mol. The monoisotopic (exact) mass is 364 g/mol. The first-order valence-electron chi connectivity index (χ1n) is 10.5. The lowest BCUT2D eigenvalue weighted by Crippen LogP contribution is -2.25.